The average Bonchev–Trinajstić information content (AvgIpc) is 3.04. The van der Waals surface area contributed by atoms with Gasteiger partial charge in [0.15, 0.2) is 0 Å². The van der Waals surface area contributed by atoms with Gasteiger partial charge < -0.3 is 15.0 Å². The number of nitrogens with zero attached hydrogens (tertiary/aromatic N) is 3. The molecule has 3 rings (SSSR count). The summed E-state index contributed by atoms with van der Waals surface area (Å²) in [6.45, 7) is 6.86. The van der Waals surface area contributed by atoms with Gasteiger partial charge in [0, 0.05) is 56.5 Å². The number of rotatable bonds is 5. The molecule has 0 spiro atoms. The summed E-state index contributed by atoms with van der Waals surface area (Å²) in [5.41, 5.74) is 2.65. The summed E-state index contributed by atoms with van der Waals surface area (Å²) >= 11 is 0. The number of amides is 2. The summed E-state index contributed by atoms with van der Waals surface area (Å²) in [6.07, 6.45) is 2.79. The van der Waals surface area contributed by atoms with Crippen molar-refractivity contribution < 1.29 is 9.53 Å². The molecule has 6 nitrogen and oxygen atoms in total. The van der Waals surface area contributed by atoms with Gasteiger partial charge in [0.1, 0.15) is 0 Å². The molecule has 0 bridgehead atoms. The van der Waals surface area contributed by atoms with E-state index in [2.05, 4.69) is 31.2 Å². The number of aromatic nitrogens is 2. The largest absolute Gasteiger partial charge is 0.378 e. The van der Waals surface area contributed by atoms with Gasteiger partial charge in [-0.3, -0.25) is 4.68 Å². The predicted molar refractivity (Wildman–Crippen MR) is 106 cm³/mol. The summed E-state index contributed by atoms with van der Waals surface area (Å²) in [6, 6.07) is 10.1. The lowest BCUT2D eigenvalue weighted by Gasteiger charge is -2.61. The Balaban J connectivity index is 1.67. The van der Waals surface area contributed by atoms with Crippen molar-refractivity contribution in [1.82, 2.24) is 20.0 Å². The molecule has 146 valence electrons. The van der Waals surface area contributed by atoms with Crippen LogP contribution in [0, 0.1) is 5.41 Å². The number of benzene rings is 1. The monoisotopic (exact) mass is 370 g/mol. The van der Waals surface area contributed by atoms with Crippen LogP contribution >= 0.6 is 0 Å². The minimum absolute atomic E-state index is 0.0749. The Kier molecular flexibility index (Phi) is 5.04. The fraction of sp³-hybridized carbons (Fsp3) is 0.524. The lowest BCUT2D eigenvalue weighted by molar-refractivity contribution is -0.198. The lowest BCUT2D eigenvalue weighted by Crippen LogP contribution is -2.69. The minimum Gasteiger partial charge on any atom is -0.378 e. The van der Waals surface area contributed by atoms with Gasteiger partial charge >= 0.3 is 6.03 Å². The van der Waals surface area contributed by atoms with E-state index in [1.54, 1.807) is 16.7 Å². The first-order valence-corrected chi connectivity index (χ1v) is 9.33. The Morgan fingerprint density at radius 3 is 2.59 bits per heavy atom. The van der Waals surface area contributed by atoms with Crippen molar-refractivity contribution in [1.29, 1.82) is 0 Å². The average molecular weight is 370 g/mol. The van der Waals surface area contributed by atoms with Crippen LogP contribution in [0.1, 0.15) is 32.8 Å². The predicted octanol–water partition coefficient (Wildman–Crippen LogP) is 3.43. The number of carbonyl (C=O) groups is 1. The third kappa shape index (κ3) is 3.34. The Labute approximate surface area is 161 Å². The molecule has 0 radical (unpaired) electrons. The van der Waals surface area contributed by atoms with Crippen LogP contribution in [-0.2, 0) is 18.3 Å². The number of ether oxygens (including phenoxy) is 1. The second kappa shape index (κ2) is 7.00. The molecule has 27 heavy (non-hydrogen) atoms. The van der Waals surface area contributed by atoms with Gasteiger partial charge in [-0.1, -0.05) is 44.2 Å². The van der Waals surface area contributed by atoms with E-state index in [9.17, 15) is 4.79 Å². The highest BCUT2D eigenvalue weighted by molar-refractivity contribution is 5.75. The zero-order valence-electron chi connectivity index (χ0n) is 17.1. The van der Waals surface area contributed by atoms with E-state index in [-0.39, 0.29) is 23.1 Å². The van der Waals surface area contributed by atoms with Crippen LogP contribution in [0.5, 0.6) is 0 Å². The Morgan fingerprint density at radius 2 is 2.00 bits per heavy atom. The van der Waals surface area contributed by atoms with E-state index in [1.165, 1.54) is 0 Å². The van der Waals surface area contributed by atoms with Crippen LogP contribution in [0.25, 0.3) is 11.3 Å². The van der Waals surface area contributed by atoms with Crippen molar-refractivity contribution in [2.75, 3.05) is 14.2 Å². The standard InChI is InChI=1S/C21H30N4O2/c1-20(2)17(12-21(20,3)27-6)25(5)19(26)22-13-16-14-24(4)23-18(16)15-10-8-7-9-11-15/h7-11,14,17H,12-13H2,1-6H3,(H,22,26). The fourth-order valence-corrected chi connectivity index (χ4v) is 4.02. The number of carbonyl (C=O) groups excluding carboxylic acids is 1. The maximum Gasteiger partial charge on any atom is 0.317 e. The van der Waals surface area contributed by atoms with Gasteiger partial charge in [-0.2, -0.15) is 5.10 Å². The van der Waals surface area contributed by atoms with Gasteiger partial charge in [-0.25, -0.2) is 4.79 Å². The number of hydrogen-bond acceptors (Lipinski definition) is 3. The maximum absolute atomic E-state index is 12.7. The Morgan fingerprint density at radius 1 is 1.33 bits per heavy atom. The van der Waals surface area contributed by atoms with Crippen molar-refractivity contribution in [3.8, 4) is 11.3 Å². The highest BCUT2D eigenvalue weighted by atomic mass is 16.5. The highest BCUT2D eigenvalue weighted by Gasteiger charge is 2.59. The zero-order chi connectivity index (χ0) is 19.8. The molecule has 2 unspecified atom stereocenters. The fourth-order valence-electron chi connectivity index (χ4n) is 4.02. The molecule has 6 heteroatoms. The molecule has 1 fully saturated rings. The highest BCUT2D eigenvalue weighted by Crippen LogP contribution is 2.53. The topological polar surface area (TPSA) is 59.4 Å². The quantitative estimate of drug-likeness (QED) is 0.877. The van der Waals surface area contributed by atoms with E-state index in [0.717, 1.165) is 23.2 Å². The van der Waals surface area contributed by atoms with Crippen LogP contribution in [-0.4, -0.2) is 46.5 Å². The van der Waals surface area contributed by atoms with Gasteiger partial charge in [-0.05, 0) is 13.3 Å². The van der Waals surface area contributed by atoms with Gasteiger partial charge in [0.2, 0.25) is 0 Å². The number of methoxy groups -OCH3 is 1. The first kappa shape index (κ1) is 19.4. The first-order chi connectivity index (χ1) is 12.7. The summed E-state index contributed by atoms with van der Waals surface area (Å²) < 4.78 is 7.46. The molecule has 2 atom stereocenters. The molecule has 1 aliphatic carbocycles. The maximum atomic E-state index is 12.7. The van der Waals surface area contributed by atoms with Crippen LogP contribution in [0.4, 0.5) is 4.79 Å². The normalized spacial score (nSPS) is 23.6. The van der Waals surface area contributed by atoms with Crippen molar-refractivity contribution in [3.05, 3.63) is 42.1 Å². The number of aryl methyl sites for hydroxylation is 1. The molecule has 1 aliphatic rings. The molecule has 1 aromatic heterocycles. The molecule has 1 heterocycles. The SMILES string of the molecule is COC1(C)CC(N(C)C(=O)NCc2cn(C)nc2-c2ccccc2)C1(C)C. The van der Waals surface area contributed by atoms with Gasteiger partial charge in [0.25, 0.3) is 0 Å². The smallest absolute Gasteiger partial charge is 0.317 e. The minimum atomic E-state index is -0.198. The third-order valence-corrected chi connectivity index (χ3v) is 6.40. The number of nitrogens with one attached hydrogen (secondary N) is 1. The van der Waals surface area contributed by atoms with E-state index in [0.29, 0.717) is 6.54 Å². The van der Waals surface area contributed by atoms with Crippen molar-refractivity contribution >= 4 is 6.03 Å². The van der Waals surface area contributed by atoms with Gasteiger partial charge in [0.05, 0.1) is 11.3 Å². The first-order valence-electron chi connectivity index (χ1n) is 9.33. The zero-order valence-corrected chi connectivity index (χ0v) is 17.1. The van der Waals surface area contributed by atoms with E-state index >= 15 is 0 Å². The molecule has 2 aromatic rings. The van der Waals surface area contributed by atoms with Crippen molar-refractivity contribution in [2.24, 2.45) is 12.5 Å². The summed E-state index contributed by atoms with van der Waals surface area (Å²) in [7, 11) is 5.50. The second-order valence-corrected chi connectivity index (χ2v) is 8.19. The molecular formula is C21H30N4O2. The number of urea groups is 1. The summed E-state index contributed by atoms with van der Waals surface area (Å²) in [5, 5.41) is 7.60. The van der Waals surface area contributed by atoms with Crippen LogP contribution < -0.4 is 5.32 Å². The van der Waals surface area contributed by atoms with Crippen molar-refractivity contribution in [2.45, 2.75) is 45.4 Å². The Hall–Kier alpha value is -2.34. The van der Waals surface area contributed by atoms with E-state index in [4.69, 9.17) is 4.74 Å². The summed E-state index contributed by atoms with van der Waals surface area (Å²) in [5.74, 6) is 0. The van der Waals surface area contributed by atoms with E-state index < -0.39 is 0 Å². The molecule has 0 aliphatic heterocycles. The van der Waals surface area contributed by atoms with Crippen molar-refractivity contribution in [3.63, 3.8) is 0 Å². The molecule has 0 saturated heterocycles. The van der Waals surface area contributed by atoms with Crippen LogP contribution in [0.15, 0.2) is 36.5 Å². The van der Waals surface area contributed by atoms with Gasteiger partial charge in [-0.15, -0.1) is 0 Å². The van der Waals surface area contributed by atoms with E-state index in [1.807, 2.05) is 50.6 Å². The molecule has 1 aromatic carbocycles. The van der Waals surface area contributed by atoms with Crippen LogP contribution in [0.3, 0.4) is 0 Å². The second-order valence-electron chi connectivity index (χ2n) is 8.19. The third-order valence-electron chi connectivity index (χ3n) is 6.40. The molecular weight excluding hydrogens is 340 g/mol. The molecule has 1 N–H and O–H groups in total. The lowest BCUT2D eigenvalue weighted by atomic mass is 9.55. The summed E-state index contributed by atoms with van der Waals surface area (Å²) in [4.78, 5) is 14.5. The number of hydrogen-bond donors (Lipinski definition) is 1. The molecule has 2 amide bonds. The molecule has 1 saturated carbocycles. The van der Waals surface area contributed by atoms with Crippen LogP contribution in [0.2, 0.25) is 0 Å². The Bertz CT molecular complexity index is 815.